The van der Waals surface area contributed by atoms with Gasteiger partial charge in [-0.2, -0.15) is 0 Å². The second-order valence-electron chi connectivity index (χ2n) is 2.66. The minimum absolute atomic E-state index is 0.675. The third-order valence-electron chi connectivity index (χ3n) is 1.86. The lowest BCUT2D eigenvalue weighted by Crippen LogP contribution is -2.07. The second kappa shape index (κ2) is 3.20. The molecule has 3 N–H and O–H groups in total. The zero-order valence-corrected chi connectivity index (χ0v) is 7.55. The number of nitrogens with zero attached hydrogens (tertiary/aromatic N) is 1. The molecule has 1 aromatic carbocycles. The normalized spacial score (nSPS) is 10.3. The lowest BCUT2D eigenvalue weighted by molar-refractivity contribution is 1.33. The molecule has 2 rings (SSSR count). The molecule has 0 atom stereocenters. The van der Waals surface area contributed by atoms with Crippen LogP contribution in [-0.2, 0) is 0 Å². The summed E-state index contributed by atoms with van der Waals surface area (Å²) in [6.45, 7) is 0. The van der Waals surface area contributed by atoms with E-state index in [1.165, 1.54) is 0 Å². The van der Waals surface area contributed by atoms with Crippen LogP contribution in [0.15, 0.2) is 30.5 Å². The summed E-state index contributed by atoms with van der Waals surface area (Å²) in [7, 11) is 0. The number of halogens is 1. The maximum Gasteiger partial charge on any atom is 0.0738 e. The Kier molecular flexibility index (Phi) is 2.04. The molecule has 0 unspecified atom stereocenters. The van der Waals surface area contributed by atoms with Crippen molar-refractivity contribution in [1.82, 2.24) is 4.98 Å². The van der Waals surface area contributed by atoms with Gasteiger partial charge in [0.05, 0.1) is 11.2 Å². The number of nitrogens with two attached hydrogens (primary N) is 1. The number of nitrogens with one attached hydrogen (secondary N) is 1. The minimum atomic E-state index is 0.675. The molecule has 0 radical (unpaired) electrons. The number of hydrogen-bond donors (Lipinski definition) is 2. The van der Waals surface area contributed by atoms with Crippen molar-refractivity contribution in [3.8, 4) is 0 Å². The molecule has 2 aromatic rings. The summed E-state index contributed by atoms with van der Waals surface area (Å²) in [5.74, 6) is 5.34. The lowest BCUT2D eigenvalue weighted by Gasteiger charge is -2.04. The van der Waals surface area contributed by atoms with E-state index in [-0.39, 0.29) is 0 Å². The van der Waals surface area contributed by atoms with Crippen molar-refractivity contribution in [2.45, 2.75) is 0 Å². The zero-order chi connectivity index (χ0) is 9.26. The standard InChI is InChI=1S/C9H8ClN3/c10-6-1-2-7-8(13-11)3-4-12-9(7)5-6/h1-5H,11H2,(H,12,13). The molecule has 0 saturated heterocycles. The molecule has 0 aliphatic rings. The average molecular weight is 194 g/mol. The van der Waals surface area contributed by atoms with Crippen LogP contribution in [0.4, 0.5) is 5.69 Å². The van der Waals surface area contributed by atoms with Gasteiger partial charge in [-0.3, -0.25) is 10.8 Å². The van der Waals surface area contributed by atoms with Crippen molar-refractivity contribution < 1.29 is 0 Å². The molecule has 4 heteroatoms. The van der Waals surface area contributed by atoms with Gasteiger partial charge in [0.15, 0.2) is 0 Å². The summed E-state index contributed by atoms with van der Waals surface area (Å²) >= 11 is 5.82. The summed E-state index contributed by atoms with van der Waals surface area (Å²) in [4.78, 5) is 4.17. The summed E-state index contributed by atoms with van der Waals surface area (Å²) < 4.78 is 0. The monoisotopic (exact) mass is 193 g/mol. The van der Waals surface area contributed by atoms with Gasteiger partial charge in [-0.05, 0) is 24.3 Å². The molecule has 1 heterocycles. The fraction of sp³-hybridized carbons (Fsp3) is 0. The van der Waals surface area contributed by atoms with Gasteiger partial charge in [-0.1, -0.05) is 11.6 Å². The molecule has 0 bridgehead atoms. The van der Waals surface area contributed by atoms with Gasteiger partial charge < -0.3 is 5.43 Å². The fourth-order valence-corrected chi connectivity index (χ4v) is 1.41. The van der Waals surface area contributed by atoms with Crippen LogP contribution in [0, 0.1) is 0 Å². The molecule has 0 saturated carbocycles. The van der Waals surface area contributed by atoms with E-state index in [0.717, 1.165) is 16.6 Å². The van der Waals surface area contributed by atoms with Gasteiger partial charge in [0.25, 0.3) is 0 Å². The maximum atomic E-state index is 5.82. The van der Waals surface area contributed by atoms with E-state index < -0.39 is 0 Å². The Bertz CT molecular complexity index is 442. The summed E-state index contributed by atoms with van der Waals surface area (Å²) in [5.41, 5.74) is 4.29. The number of hydrazine groups is 1. The molecule has 0 fully saturated rings. The van der Waals surface area contributed by atoms with Crippen LogP contribution in [0.3, 0.4) is 0 Å². The number of aromatic nitrogens is 1. The van der Waals surface area contributed by atoms with Gasteiger partial charge >= 0.3 is 0 Å². The molecule has 66 valence electrons. The first-order chi connectivity index (χ1) is 6.31. The smallest absolute Gasteiger partial charge is 0.0738 e. The Morgan fingerprint density at radius 1 is 1.31 bits per heavy atom. The molecular formula is C9H8ClN3. The van der Waals surface area contributed by atoms with Crippen molar-refractivity contribution in [1.29, 1.82) is 0 Å². The van der Waals surface area contributed by atoms with E-state index in [4.69, 9.17) is 17.4 Å². The Morgan fingerprint density at radius 2 is 2.15 bits per heavy atom. The predicted octanol–water partition coefficient (Wildman–Crippen LogP) is 2.17. The van der Waals surface area contributed by atoms with E-state index in [1.54, 1.807) is 12.3 Å². The van der Waals surface area contributed by atoms with Crippen LogP contribution in [0.25, 0.3) is 10.9 Å². The van der Waals surface area contributed by atoms with E-state index in [0.29, 0.717) is 5.02 Å². The Balaban J connectivity index is 2.77. The van der Waals surface area contributed by atoms with Gasteiger partial charge in [0, 0.05) is 16.6 Å². The Hall–Kier alpha value is -1.32. The molecule has 0 aliphatic carbocycles. The number of anilines is 1. The average Bonchev–Trinajstić information content (AvgIpc) is 2.16. The molecule has 1 aromatic heterocycles. The van der Waals surface area contributed by atoms with Crippen molar-refractivity contribution in [3.05, 3.63) is 35.5 Å². The third-order valence-corrected chi connectivity index (χ3v) is 2.10. The van der Waals surface area contributed by atoms with E-state index >= 15 is 0 Å². The van der Waals surface area contributed by atoms with Gasteiger partial charge in [-0.25, -0.2) is 0 Å². The topological polar surface area (TPSA) is 50.9 Å². The van der Waals surface area contributed by atoms with Crippen molar-refractivity contribution >= 4 is 28.2 Å². The Labute approximate surface area is 80.5 Å². The minimum Gasteiger partial charge on any atom is -0.323 e. The molecule has 0 aliphatic heterocycles. The molecular weight excluding hydrogens is 186 g/mol. The number of rotatable bonds is 1. The molecule has 0 spiro atoms. The predicted molar refractivity (Wildman–Crippen MR) is 54.6 cm³/mol. The number of nitrogen functional groups attached to an aromatic ring is 1. The van der Waals surface area contributed by atoms with Crippen LogP contribution in [0.2, 0.25) is 5.02 Å². The van der Waals surface area contributed by atoms with Crippen LogP contribution in [0.5, 0.6) is 0 Å². The van der Waals surface area contributed by atoms with E-state index in [1.807, 2.05) is 18.2 Å². The maximum absolute atomic E-state index is 5.82. The second-order valence-corrected chi connectivity index (χ2v) is 3.10. The third kappa shape index (κ3) is 1.43. The number of hydrogen-bond acceptors (Lipinski definition) is 3. The number of benzene rings is 1. The van der Waals surface area contributed by atoms with Crippen molar-refractivity contribution in [2.75, 3.05) is 5.43 Å². The lowest BCUT2D eigenvalue weighted by atomic mass is 10.2. The van der Waals surface area contributed by atoms with Crippen LogP contribution in [-0.4, -0.2) is 4.98 Å². The number of pyridine rings is 1. The number of fused-ring (bicyclic) bond motifs is 1. The summed E-state index contributed by atoms with van der Waals surface area (Å²) in [5, 5.41) is 1.64. The van der Waals surface area contributed by atoms with Crippen molar-refractivity contribution in [3.63, 3.8) is 0 Å². The highest BCUT2D eigenvalue weighted by Crippen LogP contribution is 2.23. The first kappa shape index (κ1) is 8.29. The van der Waals surface area contributed by atoms with Gasteiger partial charge in [0.2, 0.25) is 0 Å². The summed E-state index contributed by atoms with van der Waals surface area (Å²) in [6, 6.07) is 7.32. The van der Waals surface area contributed by atoms with Gasteiger partial charge in [0.1, 0.15) is 0 Å². The molecule has 13 heavy (non-hydrogen) atoms. The van der Waals surface area contributed by atoms with Crippen molar-refractivity contribution in [2.24, 2.45) is 5.84 Å². The van der Waals surface area contributed by atoms with Crippen LogP contribution >= 0.6 is 11.6 Å². The quantitative estimate of drug-likeness (QED) is 0.539. The first-order valence-corrected chi connectivity index (χ1v) is 4.20. The Morgan fingerprint density at radius 3 is 2.92 bits per heavy atom. The van der Waals surface area contributed by atoms with Crippen LogP contribution in [0.1, 0.15) is 0 Å². The van der Waals surface area contributed by atoms with Crippen LogP contribution < -0.4 is 11.3 Å². The highest BCUT2D eigenvalue weighted by atomic mass is 35.5. The first-order valence-electron chi connectivity index (χ1n) is 3.82. The largest absolute Gasteiger partial charge is 0.323 e. The molecule has 3 nitrogen and oxygen atoms in total. The SMILES string of the molecule is NNc1ccnc2cc(Cl)ccc12. The zero-order valence-electron chi connectivity index (χ0n) is 6.79. The van der Waals surface area contributed by atoms with E-state index in [9.17, 15) is 0 Å². The fourth-order valence-electron chi connectivity index (χ4n) is 1.25. The summed E-state index contributed by atoms with van der Waals surface area (Å²) in [6.07, 6.45) is 1.69. The van der Waals surface area contributed by atoms with Gasteiger partial charge in [-0.15, -0.1) is 0 Å². The highest BCUT2D eigenvalue weighted by molar-refractivity contribution is 6.31. The highest BCUT2D eigenvalue weighted by Gasteiger charge is 1.99. The molecule has 0 amide bonds. The van der Waals surface area contributed by atoms with E-state index in [2.05, 4.69) is 10.4 Å².